The van der Waals surface area contributed by atoms with E-state index in [4.69, 9.17) is 16.1 Å². The van der Waals surface area contributed by atoms with Crippen molar-refractivity contribution >= 4 is 23.5 Å². The molecule has 0 radical (unpaired) electrons. The molecule has 10 heteroatoms. The van der Waals surface area contributed by atoms with Crippen molar-refractivity contribution < 1.29 is 22.8 Å². The third kappa shape index (κ3) is 4.45. The first kappa shape index (κ1) is 17.6. The first-order valence-corrected chi connectivity index (χ1v) is 7.60. The van der Waals surface area contributed by atoms with Gasteiger partial charge in [-0.1, -0.05) is 16.8 Å². The molecular weight excluding hydrogens is 370 g/mol. The lowest BCUT2D eigenvalue weighted by Gasteiger charge is -2.06. The van der Waals surface area contributed by atoms with Gasteiger partial charge in [-0.2, -0.15) is 13.8 Å². The van der Waals surface area contributed by atoms with Crippen molar-refractivity contribution in [3.63, 3.8) is 0 Å². The van der Waals surface area contributed by atoms with Crippen LogP contribution in [-0.4, -0.2) is 22.7 Å². The molecule has 0 aliphatic heterocycles. The summed E-state index contributed by atoms with van der Waals surface area (Å²) in [6, 6.07) is 12.0. The molecule has 1 amide bonds. The van der Waals surface area contributed by atoms with Gasteiger partial charge in [0.2, 0.25) is 5.82 Å². The Bertz CT molecular complexity index is 885. The summed E-state index contributed by atoms with van der Waals surface area (Å²) < 4.78 is 33.4. The number of hydrazine groups is 1. The molecule has 0 unspecified atom stereocenters. The van der Waals surface area contributed by atoms with E-state index in [2.05, 4.69) is 25.7 Å². The fraction of sp³-hybridized carbons (Fsp3) is 0.0625. The van der Waals surface area contributed by atoms with Crippen LogP contribution >= 0.6 is 11.6 Å². The molecule has 2 N–H and O–H groups in total. The summed E-state index contributed by atoms with van der Waals surface area (Å²) in [7, 11) is 0. The minimum Gasteiger partial charge on any atom is -0.435 e. The molecule has 3 rings (SSSR count). The number of rotatable bonds is 6. The summed E-state index contributed by atoms with van der Waals surface area (Å²) in [5.74, 6) is -0.263. The number of aromatic nitrogens is 2. The minimum absolute atomic E-state index is 0.0269. The summed E-state index contributed by atoms with van der Waals surface area (Å²) in [4.78, 5) is 16.1. The largest absolute Gasteiger partial charge is 0.435 e. The van der Waals surface area contributed by atoms with Gasteiger partial charge in [0.1, 0.15) is 5.75 Å². The SMILES string of the molecule is O=C(NNc1nc(-c2ccc(Cl)cc2)no1)c1ccc(OC(F)F)cc1. The lowest BCUT2D eigenvalue weighted by Crippen LogP contribution is -2.29. The van der Waals surface area contributed by atoms with Gasteiger partial charge in [-0.25, -0.2) is 5.43 Å². The topological polar surface area (TPSA) is 89.3 Å². The van der Waals surface area contributed by atoms with E-state index in [1.54, 1.807) is 24.3 Å². The molecule has 0 bridgehead atoms. The van der Waals surface area contributed by atoms with Crippen LogP contribution in [0.1, 0.15) is 10.4 Å². The molecule has 0 aliphatic rings. The lowest BCUT2D eigenvalue weighted by molar-refractivity contribution is -0.0498. The number of hydrogen-bond donors (Lipinski definition) is 2. The average molecular weight is 381 g/mol. The number of nitrogens with one attached hydrogen (secondary N) is 2. The highest BCUT2D eigenvalue weighted by Crippen LogP contribution is 2.20. The van der Waals surface area contributed by atoms with E-state index in [1.807, 2.05) is 0 Å². The number of benzene rings is 2. The lowest BCUT2D eigenvalue weighted by atomic mass is 10.2. The van der Waals surface area contributed by atoms with Gasteiger partial charge in [-0.15, -0.1) is 0 Å². The second-order valence-electron chi connectivity index (χ2n) is 4.91. The van der Waals surface area contributed by atoms with Crippen LogP contribution in [0, 0.1) is 0 Å². The molecule has 0 fully saturated rings. The van der Waals surface area contributed by atoms with Crippen LogP contribution in [0.25, 0.3) is 11.4 Å². The Kier molecular flexibility index (Phi) is 5.28. The summed E-state index contributed by atoms with van der Waals surface area (Å²) in [5.41, 5.74) is 5.73. The third-order valence-electron chi connectivity index (χ3n) is 3.15. The van der Waals surface area contributed by atoms with Crippen molar-refractivity contribution in [1.29, 1.82) is 0 Å². The molecule has 2 aromatic carbocycles. The van der Waals surface area contributed by atoms with Crippen LogP contribution in [0.2, 0.25) is 5.02 Å². The number of nitrogens with zero attached hydrogens (tertiary/aromatic N) is 2. The standard InChI is InChI=1S/C16H11ClF2N4O3/c17-11-5-1-9(2-6-11)13-20-16(26-23-13)22-21-14(24)10-3-7-12(8-4-10)25-15(18)19/h1-8,15H,(H,21,24)(H,20,22,23). The molecule has 1 aromatic heterocycles. The molecule has 0 saturated heterocycles. The van der Waals surface area contributed by atoms with Gasteiger partial charge in [-0.05, 0) is 48.5 Å². The fourth-order valence-electron chi connectivity index (χ4n) is 1.96. The number of carbonyl (C=O) groups is 1. The van der Waals surface area contributed by atoms with Crippen LogP contribution in [0.15, 0.2) is 53.1 Å². The van der Waals surface area contributed by atoms with Gasteiger partial charge < -0.3 is 9.26 Å². The third-order valence-corrected chi connectivity index (χ3v) is 3.41. The molecular formula is C16H11ClF2N4O3. The Morgan fingerprint density at radius 2 is 1.81 bits per heavy atom. The molecule has 26 heavy (non-hydrogen) atoms. The maximum Gasteiger partial charge on any atom is 0.387 e. The summed E-state index contributed by atoms with van der Waals surface area (Å²) in [5, 5.41) is 4.35. The number of carbonyl (C=O) groups excluding carboxylic acids is 1. The monoisotopic (exact) mass is 380 g/mol. The van der Waals surface area contributed by atoms with E-state index in [0.29, 0.717) is 16.4 Å². The van der Waals surface area contributed by atoms with Gasteiger partial charge in [0.05, 0.1) is 0 Å². The van der Waals surface area contributed by atoms with Crippen molar-refractivity contribution in [1.82, 2.24) is 15.6 Å². The predicted molar refractivity (Wildman–Crippen MR) is 88.9 cm³/mol. The van der Waals surface area contributed by atoms with Crippen molar-refractivity contribution in [3.8, 4) is 17.1 Å². The highest BCUT2D eigenvalue weighted by atomic mass is 35.5. The number of hydrogen-bond acceptors (Lipinski definition) is 6. The van der Waals surface area contributed by atoms with Crippen LogP contribution in [0.5, 0.6) is 5.75 Å². The minimum atomic E-state index is -2.93. The zero-order valence-corrected chi connectivity index (χ0v) is 13.7. The van der Waals surface area contributed by atoms with Gasteiger partial charge in [0.15, 0.2) is 0 Å². The summed E-state index contributed by atoms with van der Waals surface area (Å²) >= 11 is 5.81. The second-order valence-corrected chi connectivity index (χ2v) is 5.35. The summed E-state index contributed by atoms with van der Waals surface area (Å²) in [6.07, 6.45) is 0. The molecule has 0 aliphatic carbocycles. The maximum absolute atomic E-state index is 12.1. The zero-order valence-electron chi connectivity index (χ0n) is 12.9. The molecule has 3 aromatic rings. The number of anilines is 1. The molecule has 7 nitrogen and oxygen atoms in total. The Labute approximate surface area is 150 Å². The van der Waals surface area contributed by atoms with Crippen molar-refractivity contribution in [2.75, 3.05) is 5.43 Å². The van der Waals surface area contributed by atoms with E-state index in [0.717, 1.165) is 0 Å². The first-order valence-electron chi connectivity index (χ1n) is 7.22. The smallest absolute Gasteiger partial charge is 0.387 e. The van der Waals surface area contributed by atoms with Gasteiger partial charge in [0.25, 0.3) is 5.91 Å². The second kappa shape index (κ2) is 7.79. The highest BCUT2D eigenvalue weighted by molar-refractivity contribution is 6.30. The van der Waals surface area contributed by atoms with E-state index in [1.165, 1.54) is 24.3 Å². The predicted octanol–water partition coefficient (Wildman–Crippen LogP) is 3.75. The Morgan fingerprint density at radius 1 is 1.12 bits per heavy atom. The average Bonchev–Trinajstić information content (AvgIpc) is 3.09. The Hall–Kier alpha value is -3.20. The van der Waals surface area contributed by atoms with E-state index in [-0.39, 0.29) is 17.3 Å². The highest BCUT2D eigenvalue weighted by Gasteiger charge is 2.11. The number of ether oxygens (including phenoxy) is 1. The molecule has 134 valence electrons. The van der Waals surface area contributed by atoms with Crippen LogP contribution in [0.3, 0.4) is 0 Å². The maximum atomic E-state index is 12.1. The van der Waals surface area contributed by atoms with Gasteiger partial charge in [-0.3, -0.25) is 10.2 Å². The van der Waals surface area contributed by atoms with E-state index >= 15 is 0 Å². The van der Waals surface area contributed by atoms with Crippen molar-refractivity contribution in [2.24, 2.45) is 0 Å². The quantitative estimate of drug-likeness (QED) is 0.633. The number of amides is 1. The number of halogens is 3. The van der Waals surface area contributed by atoms with Crippen LogP contribution in [-0.2, 0) is 0 Å². The van der Waals surface area contributed by atoms with Gasteiger partial charge in [0, 0.05) is 16.1 Å². The normalized spacial score (nSPS) is 10.6. The zero-order chi connectivity index (χ0) is 18.5. The van der Waals surface area contributed by atoms with Crippen molar-refractivity contribution in [2.45, 2.75) is 6.61 Å². The van der Waals surface area contributed by atoms with Crippen LogP contribution < -0.4 is 15.6 Å². The fourth-order valence-corrected chi connectivity index (χ4v) is 2.09. The number of alkyl halides is 2. The summed E-state index contributed by atoms with van der Waals surface area (Å²) in [6.45, 7) is -2.93. The van der Waals surface area contributed by atoms with Gasteiger partial charge >= 0.3 is 12.6 Å². The van der Waals surface area contributed by atoms with Crippen molar-refractivity contribution in [3.05, 3.63) is 59.1 Å². The van der Waals surface area contributed by atoms with E-state index < -0.39 is 12.5 Å². The Morgan fingerprint density at radius 3 is 2.46 bits per heavy atom. The molecule has 0 saturated carbocycles. The Balaban J connectivity index is 1.58. The van der Waals surface area contributed by atoms with Crippen LogP contribution in [0.4, 0.5) is 14.8 Å². The first-order chi connectivity index (χ1) is 12.5. The molecule has 1 heterocycles. The molecule has 0 spiro atoms. The van der Waals surface area contributed by atoms with E-state index in [9.17, 15) is 13.6 Å². The molecule has 0 atom stereocenters.